The fourth-order valence-electron chi connectivity index (χ4n) is 0.811. The van der Waals surface area contributed by atoms with Crippen LogP contribution >= 0.6 is 0 Å². The lowest BCUT2D eigenvalue weighted by atomic mass is 10.3. The van der Waals surface area contributed by atoms with Gasteiger partial charge in [0.15, 0.2) is 0 Å². The van der Waals surface area contributed by atoms with E-state index < -0.39 is 0 Å². The largest absolute Gasteiger partial charge is 0.345 e. The highest BCUT2D eigenvalue weighted by atomic mass is 14.8. The lowest BCUT2D eigenvalue weighted by Gasteiger charge is -1.79. The number of nitrogens with one attached hydrogen (secondary N) is 1. The van der Waals surface area contributed by atoms with E-state index in [1.54, 1.807) is 18.5 Å². The van der Waals surface area contributed by atoms with E-state index in [1.165, 1.54) is 0 Å². The molecule has 82 valence electrons. The summed E-state index contributed by atoms with van der Waals surface area (Å²) in [4.78, 5) is 7.04. The van der Waals surface area contributed by atoms with E-state index in [-0.39, 0.29) is 0 Å². The van der Waals surface area contributed by atoms with Crippen LogP contribution in [0.25, 0.3) is 12.2 Å². The summed E-state index contributed by atoms with van der Waals surface area (Å²) in [6.07, 6.45) is 8.77. The Balaban J connectivity index is 0.000000423. The van der Waals surface area contributed by atoms with Gasteiger partial charge in [-0.1, -0.05) is 46.1 Å². The number of hydrogen-bond donors (Lipinski definition) is 1. The highest BCUT2D eigenvalue weighted by molar-refractivity contribution is 5.37. The molecule has 0 fully saturated rings. The maximum Gasteiger partial charge on any atom is 0.0931 e. The maximum atomic E-state index is 4.06. The van der Waals surface area contributed by atoms with Gasteiger partial charge < -0.3 is 4.98 Å². The summed E-state index contributed by atoms with van der Waals surface area (Å²) in [6.45, 7) is 13.7. The van der Waals surface area contributed by atoms with Gasteiger partial charge in [0.2, 0.25) is 0 Å². The quantitative estimate of drug-likeness (QED) is 0.784. The second-order valence-electron chi connectivity index (χ2n) is 3.74. The van der Waals surface area contributed by atoms with Gasteiger partial charge in [-0.3, -0.25) is 0 Å². The van der Waals surface area contributed by atoms with Gasteiger partial charge in [0.1, 0.15) is 0 Å². The number of hydrogen-bond acceptors (Lipinski definition) is 1. The number of nitrogens with zero attached hydrogens (tertiary/aromatic N) is 1. The maximum absolute atomic E-state index is 4.06. The summed E-state index contributed by atoms with van der Waals surface area (Å²) >= 11 is 0. The number of aromatic nitrogens is 2. The van der Waals surface area contributed by atoms with E-state index in [2.05, 4.69) is 43.9 Å². The summed E-state index contributed by atoms with van der Waals surface area (Å²) < 4.78 is 0. The Morgan fingerprint density at radius 1 is 1.20 bits per heavy atom. The van der Waals surface area contributed by atoms with Crippen LogP contribution in [0, 0.1) is 5.92 Å². The monoisotopic (exact) mass is 204 g/mol. The van der Waals surface area contributed by atoms with E-state index in [9.17, 15) is 0 Å². The second kappa shape index (κ2) is 7.80. The zero-order valence-corrected chi connectivity index (χ0v) is 9.83. The van der Waals surface area contributed by atoms with Crippen LogP contribution in [-0.4, -0.2) is 9.97 Å². The highest BCUT2D eigenvalue weighted by Crippen LogP contribution is 1.81. The smallest absolute Gasteiger partial charge is 0.0931 e. The van der Waals surface area contributed by atoms with Crippen LogP contribution in [0.2, 0.25) is 0 Å². The molecule has 1 heterocycles. The molecule has 1 N–H and O–H groups in total. The van der Waals surface area contributed by atoms with Crippen molar-refractivity contribution < 1.29 is 0 Å². The Bertz CT molecular complexity index is 359. The molecule has 2 nitrogen and oxygen atoms in total. The molecule has 0 aliphatic heterocycles. The van der Waals surface area contributed by atoms with Gasteiger partial charge in [-0.05, 0) is 18.1 Å². The standard InChI is InChI=1S/C9H10N2.C4H10/c1-3-5-8-9(6-4-2)11-7-10-8;1-4(2)3/h3-7H,1-2H2,(H,10,11);4H,1-3H3/b8-5+,9-6+;. The van der Waals surface area contributed by atoms with E-state index in [0.717, 1.165) is 16.6 Å². The number of aromatic amines is 1. The number of allylic oxidation sites excluding steroid dienone is 2. The minimum absolute atomic E-state index is 0.833. The van der Waals surface area contributed by atoms with Crippen molar-refractivity contribution >= 4 is 12.2 Å². The van der Waals surface area contributed by atoms with Crippen molar-refractivity contribution in [3.63, 3.8) is 0 Å². The van der Waals surface area contributed by atoms with Gasteiger partial charge in [0, 0.05) is 0 Å². The summed E-state index contributed by atoms with van der Waals surface area (Å²) in [6, 6.07) is 0. The molecule has 0 spiro atoms. The molecule has 0 saturated carbocycles. The lowest BCUT2D eigenvalue weighted by molar-refractivity contribution is 0.737. The van der Waals surface area contributed by atoms with E-state index in [4.69, 9.17) is 0 Å². The van der Waals surface area contributed by atoms with Gasteiger partial charge in [-0.15, -0.1) is 0 Å². The number of H-pyrrole nitrogens is 1. The molecule has 15 heavy (non-hydrogen) atoms. The molecule has 2 heteroatoms. The Hall–Kier alpha value is -1.57. The Morgan fingerprint density at radius 2 is 1.73 bits per heavy atom. The summed E-state index contributed by atoms with van der Waals surface area (Å²) in [5, 5.41) is 1.85. The fraction of sp³-hybridized carbons (Fsp3) is 0.308. The molecule has 0 saturated heterocycles. The first kappa shape index (κ1) is 13.4. The third kappa shape index (κ3) is 6.49. The summed E-state index contributed by atoms with van der Waals surface area (Å²) in [7, 11) is 0. The van der Waals surface area contributed by atoms with Crippen LogP contribution in [0.3, 0.4) is 0 Å². The molecule has 0 radical (unpaired) electrons. The van der Waals surface area contributed by atoms with Crippen molar-refractivity contribution in [2.45, 2.75) is 20.8 Å². The molecular formula is C13H20N2. The fourth-order valence-corrected chi connectivity index (χ4v) is 0.811. The second-order valence-corrected chi connectivity index (χ2v) is 3.74. The Labute approximate surface area is 91.8 Å². The summed E-state index contributed by atoms with van der Waals surface area (Å²) in [5.41, 5.74) is 0. The molecule has 0 aliphatic carbocycles. The minimum Gasteiger partial charge on any atom is -0.345 e. The average Bonchev–Trinajstić information content (AvgIpc) is 2.53. The van der Waals surface area contributed by atoms with Crippen LogP contribution in [0.15, 0.2) is 31.6 Å². The van der Waals surface area contributed by atoms with Crippen molar-refractivity contribution in [2.75, 3.05) is 0 Å². The number of imidazole rings is 1. The van der Waals surface area contributed by atoms with Crippen molar-refractivity contribution in [1.82, 2.24) is 9.97 Å². The van der Waals surface area contributed by atoms with Gasteiger partial charge >= 0.3 is 0 Å². The lowest BCUT2D eigenvalue weighted by Crippen LogP contribution is -2.23. The molecule has 0 aromatic carbocycles. The van der Waals surface area contributed by atoms with Crippen molar-refractivity contribution in [2.24, 2.45) is 5.92 Å². The Kier molecular flexibility index (Phi) is 6.98. The van der Waals surface area contributed by atoms with E-state index in [1.807, 2.05) is 12.2 Å². The predicted octanol–water partition coefficient (Wildman–Crippen LogP) is 2.00. The topological polar surface area (TPSA) is 28.7 Å². The van der Waals surface area contributed by atoms with Gasteiger partial charge in [-0.2, -0.15) is 0 Å². The minimum atomic E-state index is 0.833. The van der Waals surface area contributed by atoms with E-state index in [0.29, 0.717) is 0 Å². The normalized spacial score (nSPS) is 12.3. The molecule has 0 amide bonds. The van der Waals surface area contributed by atoms with E-state index >= 15 is 0 Å². The van der Waals surface area contributed by atoms with Crippen LogP contribution in [-0.2, 0) is 0 Å². The molecule has 1 rings (SSSR count). The predicted molar refractivity (Wildman–Crippen MR) is 67.7 cm³/mol. The average molecular weight is 204 g/mol. The number of rotatable bonds is 2. The first-order chi connectivity index (χ1) is 7.11. The Morgan fingerprint density at radius 3 is 2.20 bits per heavy atom. The molecule has 0 bridgehead atoms. The van der Waals surface area contributed by atoms with Crippen LogP contribution in [0.1, 0.15) is 20.8 Å². The zero-order chi connectivity index (χ0) is 11.7. The molecule has 1 aromatic rings. The molecule has 1 aromatic heterocycles. The third-order valence-corrected chi connectivity index (χ3v) is 1.26. The third-order valence-electron chi connectivity index (χ3n) is 1.26. The molecule has 0 aliphatic rings. The first-order valence-corrected chi connectivity index (χ1v) is 5.06. The van der Waals surface area contributed by atoms with Crippen molar-refractivity contribution in [1.29, 1.82) is 0 Å². The molecular weight excluding hydrogens is 184 g/mol. The van der Waals surface area contributed by atoms with Crippen molar-refractivity contribution in [3.05, 3.63) is 42.3 Å². The summed E-state index contributed by atoms with van der Waals surface area (Å²) in [5.74, 6) is 0.833. The van der Waals surface area contributed by atoms with Gasteiger partial charge in [0.25, 0.3) is 0 Å². The van der Waals surface area contributed by atoms with Crippen LogP contribution < -0.4 is 10.7 Å². The van der Waals surface area contributed by atoms with Gasteiger partial charge in [0.05, 0.1) is 17.0 Å². The molecule has 0 atom stereocenters. The SMILES string of the molecule is C=C/C=c1/nc[nH]/c1=C/C=C.CC(C)C. The first-order valence-electron chi connectivity index (χ1n) is 5.06. The zero-order valence-electron chi connectivity index (χ0n) is 9.83. The molecule has 0 unspecified atom stereocenters. The van der Waals surface area contributed by atoms with Crippen LogP contribution in [0.5, 0.6) is 0 Å². The van der Waals surface area contributed by atoms with Gasteiger partial charge in [-0.25, -0.2) is 4.98 Å². The van der Waals surface area contributed by atoms with Crippen LogP contribution in [0.4, 0.5) is 0 Å². The van der Waals surface area contributed by atoms with Crippen molar-refractivity contribution in [3.8, 4) is 0 Å². The highest BCUT2D eigenvalue weighted by Gasteiger charge is 1.81.